The van der Waals surface area contributed by atoms with Crippen LogP contribution in [0.5, 0.6) is 0 Å². The summed E-state index contributed by atoms with van der Waals surface area (Å²) in [4.78, 5) is 24.1. The minimum absolute atomic E-state index is 0.122. The van der Waals surface area contributed by atoms with E-state index in [0.29, 0.717) is 5.92 Å². The second-order valence-electron chi connectivity index (χ2n) is 7.61. The fraction of sp³-hybridized carbons (Fsp3) is 0.650. The molecule has 1 amide bonds. The molecular weight excluding hydrogens is 342 g/mol. The number of aromatic nitrogens is 1. The van der Waals surface area contributed by atoms with Crippen LogP contribution in [-0.2, 0) is 9.63 Å². The molecule has 1 aromatic rings. The number of carbonyl (C=O) groups is 1. The first-order valence-corrected chi connectivity index (χ1v) is 10.1. The van der Waals surface area contributed by atoms with Crippen molar-refractivity contribution in [3.8, 4) is 0 Å². The third kappa shape index (κ3) is 5.34. The summed E-state index contributed by atoms with van der Waals surface area (Å²) >= 11 is 0. The first kappa shape index (κ1) is 19.5. The van der Waals surface area contributed by atoms with Crippen molar-refractivity contribution < 1.29 is 9.63 Å². The quantitative estimate of drug-likeness (QED) is 0.454. The highest BCUT2D eigenvalue weighted by molar-refractivity contribution is 6.01. The van der Waals surface area contributed by atoms with E-state index in [1.54, 1.807) is 6.20 Å². The molecule has 1 aliphatic heterocycles. The van der Waals surface area contributed by atoms with Crippen LogP contribution >= 0.6 is 0 Å². The Morgan fingerprint density at radius 1 is 1.30 bits per heavy atom. The standard InChI is InChI=1S/C20H31N5O2/c1-15-8-3-4-10-17(15)23-18(26)14-27-24-19(21)16-9-7-11-22-20(16)25-12-5-2-6-13-25/h7,9,11,15,17H,2-6,8,10,12-14H2,1H3,(H2,21,24)(H,23,26). The fourth-order valence-corrected chi connectivity index (χ4v) is 3.94. The second kappa shape index (κ2) is 9.58. The van der Waals surface area contributed by atoms with Crippen molar-refractivity contribution in [1.82, 2.24) is 10.3 Å². The summed E-state index contributed by atoms with van der Waals surface area (Å²) in [7, 11) is 0. The highest BCUT2D eigenvalue weighted by Crippen LogP contribution is 2.24. The van der Waals surface area contributed by atoms with E-state index >= 15 is 0 Å². The average molecular weight is 374 g/mol. The number of nitrogens with zero attached hydrogens (tertiary/aromatic N) is 3. The Labute approximate surface area is 161 Å². The van der Waals surface area contributed by atoms with E-state index in [-0.39, 0.29) is 24.4 Å². The van der Waals surface area contributed by atoms with Gasteiger partial charge in [0.2, 0.25) is 0 Å². The highest BCUT2D eigenvalue weighted by Gasteiger charge is 2.23. The topological polar surface area (TPSA) is 92.8 Å². The molecule has 3 rings (SSSR count). The van der Waals surface area contributed by atoms with Gasteiger partial charge in [-0.2, -0.15) is 0 Å². The van der Waals surface area contributed by atoms with Crippen LogP contribution in [0, 0.1) is 5.92 Å². The van der Waals surface area contributed by atoms with Crippen LogP contribution in [0.4, 0.5) is 5.82 Å². The number of oxime groups is 1. The number of amides is 1. The molecule has 0 bridgehead atoms. The highest BCUT2D eigenvalue weighted by atomic mass is 16.6. The molecule has 0 aromatic carbocycles. The smallest absolute Gasteiger partial charge is 0.261 e. The lowest BCUT2D eigenvalue weighted by molar-refractivity contribution is -0.126. The lowest BCUT2D eigenvalue weighted by atomic mass is 9.86. The molecule has 7 nitrogen and oxygen atoms in total. The molecule has 2 aliphatic rings. The van der Waals surface area contributed by atoms with Gasteiger partial charge >= 0.3 is 0 Å². The lowest BCUT2D eigenvalue weighted by Gasteiger charge is -2.29. The van der Waals surface area contributed by atoms with Crippen LogP contribution < -0.4 is 16.0 Å². The molecule has 1 saturated carbocycles. The molecule has 2 heterocycles. The number of amidine groups is 1. The fourth-order valence-electron chi connectivity index (χ4n) is 3.94. The van der Waals surface area contributed by atoms with E-state index in [0.717, 1.165) is 50.2 Å². The van der Waals surface area contributed by atoms with Crippen molar-refractivity contribution in [2.24, 2.45) is 16.8 Å². The second-order valence-corrected chi connectivity index (χ2v) is 7.61. The Hall–Kier alpha value is -2.31. The van der Waals surface area contributed by atoms with Gasteiger partial charge in [0.15, 0.2) is 12.4 Å². The number of piperidine rings is 1. The van der Waals surface area contributed by atoms with E-state index in [9.17, 15) is 4.79 Å². The van der Waals surface area contributed by atoms with Crippen LogP contribution in [0.3, 0.4) is 0 Å². The average Bonchev–Trinajstić information content (AvgIpc) is 2.70. The van der Waals surface area contributed by atoms with Crippen molar-refractivity contribution >= 4 is 17.6 Å². The molecule has 0 radical (unpaired) electrons. The Bertz CT molecular complexity index is 658. The molecule has 2 fully saturated rings. The van der Waals surface area contributed by atoms with Crippen LogP contribution in [0.25, 0.3) is 0 Å². The molecule has 2 atom stereocenters. The molecule has 27 heavy (non-hydrogen) atoms. The minimum Gasteiger partial charge on any atom is -0.384 e. The number of hydrogen-bond acceptors (Lipinski definition) is 5. The number of nitrogens with one attached hydrogen (secondary N) is 1. The summed E-state index contributed by atoms with van der Waals surface area (Å²) in [6, 6.07) is 3.96. The van der Waals surface area contributed by atoms with Crippen LogP contribution in [0.15, 0.2) is 23.5 Å². The molecule has 0 spiro atoms. The summed E-state index contributed by atoms with van der Waals surface area (Å²) in [5.41, 5.74) is 6.87. The van der Waals surface area contributed by atoms with Gasteiger partial charge in [-0.15, -0.1) is 0 Å². The predicted molar refractivity (Wildman–Crippen MR) is 107 cm³/mol. The lowest BCUT2D eigenvalue weighted by Crippen LogP contribution is -2.42. The van der Waals surface area contributed by atoms with Crippen molar-refractivity contribution in [2.75, 3.05) is 24.6 Å². The zero-order valence-electron chi connectivity index (χ0n) is 16.2. The molecular formula is C20H31N5O2. The summed E-state index contributed by atoms with van der Waals surface area (Å²) in [6.07, 6.45) is 9.94. The molecule has 2 unspecified atom stereocenters. The zero-order chi connectivity index (χ0) is 19.1. The van der Waals surface area contributed by atoms with Gasteiger partial charge in [0.25, 0.3) is 5.91 Å². The zero-order valence-corrected chi connectivity index (χ0v) is 16.2. The third-order valence-corrected chi connectivity index (χ3v) is 5.53. The normalized spacial score (nSPS) is 23.7. The molecule has 1 aromatic heterocycles. The van der Waals surface area contributed by atoms with Gasteiger partial charge in [0.05, 0.1) is 5.56 Å². The van der Waals surface area contributed by atoms with E-state index in [4.69, 9.17) is 10.6 Å². The van der Waals surface area contributed by atoms with Gasteiger partial charge in [-0.25, -0.2) is 4.98 Å². The van der Waals surface area contributed by atoms with E-state index in [1.807, 2.05) is 12.1 Å². The van der Waals surface area contributed by atoms with Crippen LogP contribution in [0.1, 0.15) is 57.4 Å². The maximum absolute atomic E-state index is 12.1. The largest absolute Gasteiger partial charge is 0.384 e. The third-order valence-electron chi connectivity index (χ3n) is 5.53. The number of carbonyl (C=O) groups excluding carboxylic acids is 1. The SMILES string of the molecule is CC1CCCCC1NC(=O)CO/N=C(\N)c1cccnc1N1CCCCC1. The Morgan fingerprint density at radius 2 is 2.07 bits per heavy atom. The Kier molecular flexibility index (Phi) is 6.90. The van der Waals surface area contributed by atoms with Crippen LogP contribution in [-0.4, -0.2) is 42.5 Å². The van der Waals surface area contributed by atoms with Crippen molar-refractivity contribution in [2.45, 2.75) is 57.9 Å². The Morgan fingerprint density at radius 3 is 2.85 bits per heavy atom. The maximum atomic E-state index is 12.1. The van der Waals surface area contributed by atoms with Crippen LogP contribution in [0.2, 0.25) is 0 Å². The van der Waals surface area contributed by atoms with E-state index in [2.05, 4.69) is 27.3 Å². The maximum Gasteiger partial charge on any atom is 0.261 e. The summed E-state index contributed by atoms with van der Waals surface area (Å²) < 4.78 is 0. The van der Waals surface area contributed by atoms with E-state index in [1.165, 1.54) is 19.3 Å². The first-order valence-electron chi connectivity index (χ1n) is 10.1. The summed E-state index contributed by atoms with van der Waals surface area (Å²) in [6.45, 7) is 4.01. The van der Waals surface area contributed by atoms with Gasteiger partial charge in [-0.05, 0) is 50.2 Å². The van der Waals surface area contributed by atoms with Crippen molar-refractivity contribution in [1.29, 1.82) is 0 Å². The number of hydrogen-bond donors (Lipinski definition) is 2. The predicted octanol–water partition coefficient (Wildman–Crippen LogP) is 2.40. The molecule has 7 heteroatoms. The van der Waals surface area contributed by atoms with Gasteiger partial charge < -0.3 is 20.8 Å². The number of pyridine rings is 1. The number of rotatable bonds is 6. The van der Waals surface area contributed by atoms with Crippen molar-refractivity contribution in [3.63, 3.8) is 0 Å². The first-order chi connectivity index (χ1) is 13.1. The van der Waals surface area contributed by atoms with E-state index < -0.39 is 0 Å². The van der Waals surface area contributed by atoms with Gasteiger partial charge in [-0.3, -0.25) is 4.79 Å². The monoisotopic (exact) mass is 373 g/mol. The van der Waals surface area contributed by atoms with Gasteiger partial charge in [0.1, 0.15) is 5.82 Å². The Balaban J connectivity index is 1.55. The number of nitrogens with two attached hydrogens (primary N) is 1. The van der Waals surface area contributed by atoms with Gasteiger partial charge in [0, 0.05) is 25.3 Å². The molecule has 1 saturated heterocycles. The van der Waals surface area contributed by atoms with Crippen molar-refractivity contribution in [3.05, 3.63) is 23.9 Å². The molecule has 3 N–H and O–H groups in total. The minimum atomic E-state index is -0.146. The summed E-state index contributed by atoms with van der Waals surface area (Å²) in [5.74, 6) is 1.46. The molecule has 148 valence electrons. The molecule has 1 aliphatic carbocycles. The summed E-state index contributed by atoms with van der Waals surface area (Å²) in [5, 5.41) is 7.02. The number of anilines is 1. The van der Waals surface area contributed by atoms with Gasteiger partial charge in [-0.1, -0.05) is 24.9 Å².